The molecule has 3 aromatic rings. The Balaban J connectivity index is 1.36. The number of halogens is 3. The topological polar surface area (TPSA) is 91.4 Å². The van der Waals surface area contributed by atoms with Gasteiger partial charge in [0.15, 0.2) is 0 Å². The van der Waals surface area contributed by atoms with Crippen molar-refractivity contribution in [2.75, 3.05) is 67.2 Å². The largest absolute Gasteiger partial charge is 0.421 e. The van der Waals surface area contributed by atoms with Crippen LogP contribution in [0.25, 0.3) is 11.0 Å². The summed E-state index contributed by atoms with van der Waals surface area (Å²) in [7, 11) is 3.93. The zero-order chi connectivity index (χ0) is 24.7. The molecule has 2 aliphatic heterocycles. The van der Waals surface area contributed by atoms with Gasteiger partial charge in [-0.15, -0.1) is 0 Å². The molecule has 0 unspecified atom stereocenters. The highest BCUT2D eigenvalue weighted by molar-refractivity contribution is 5.82. The van der Waals surface area contributed by atoms with E-state index in [-0.39, 0.29) is 17.8 Å². The summed E-state index contributed by atoms with van der Waals surface area (Å²) in [5, 5.41) is 3.28. The molecule has 2 saturated heterocycles. The van der Waals surface area contributed by atoms with Crippen molar-refractivity contribution in [2.24, 2.45) is 7.05 Å². The summed E-state index contributed by atoms with van der Waals surface area (Å²) >= 11 is 0. The van der Waals surface area contributed by atoms with Gasteiger partial charge in [0.05, 0.1) is 11.0 Å². The number of hydrogen-bond acceptors (Lipinski definition) is 8. The Morgan fingerprint density at radius 1 is 1.03 bits per heavy atom. The minimum absolute atomic E-state index is 0.0225. The van der Waals surface area contributed by atoms with Crippen molar-refractivity contribution in [3.8, 4) is 0 Å². The highest BCUT2D eigenvalue weighted by Crippen LogP contribution is 2.36. The van der Waals surface area contributed by atoms with E-state index in [4.69, 9.17) is 10.7 Å². The summed E-state index contributed by atoms with van der Waals surface area (Å²) in [6.07, 6.45) is -1.83. The Kier molecular flexibility index (Phi) is 6.07. The fourth-order valence-corrected chi connectivity index (χ4v) is 4.85. The van der Waals surface area contributed by atoms with E-state index in [9.17, 15) is 13.2 Å². The summed E-state index contributed by atoms with van der Waals surface area (Å²) in [5.41, 5.74) is 7.61. The molecule has 35 heavy (non-hydrogen) atoms. The number of rotatable bonds is 4. The zero-order valence-corrected chi connectivity index (χ0v) is 19.9. The number of benzene rings is 1. The Labute approximate surface area is 201 Å². The van der Waals surface area contributed by atoms with Crippen molar-refractivity contribution < 1.29 is 13.2 Å². The van der Waals surface area contributed by atoms with Gasteiger partial charge in [0, 0.05) is 64.2 Å². The Bertz CT molecular complexity index is 1200. The highest BCUT2D eigenvalue weighted by atomic mass is 19.4. The Morgan fingerprint density at radius 2 is 1.80 bits per heavy atom. The molecule has 2 fully saturated rings. The van der Waals surface area contributed by atoms with Gasteiger partial charge in [0.2, 0.25) is 11.9 Å². The summed E-state index contributed by atoms with van der Waals surface area (Å²) in [6, 6.07) is 5.64. The van der Waals surface area contributed by atoms with E-state index in [0.29, 0.717) is 38.4 Å². The zero-order valence-electron chi connectivity index (χ0n) is 19.9. The molecule has 4 heterocycles. The molecular weight excluding hydrogens is 459 g/mol. The predicted octanol–water partition coefficient (Wildman–Crippen LogP) is 2.80. The van der Waals surface area contributed by atoms with Crippen molar-refractivity contribution in [2.45, 2.75) is 25.1 Å². The SMILES string of the molecule is CN1CCN(c2nc(N[C@@H]3CCCN(c4nc5cc(N)ccc5n4C)C3)ncc2C(F)(F)F)CC1. The molecule has 0 spiro atoms. The van der Waals surface area contributed by atoms with Crippen LogP contribution < -0.4 is 20.9 Å². The first kappa shape index (κ1) is 23.5. The maximum absolute atomic E-state index is 13.7. The van der Waals surface area contributed by atoms with Crippen LogP contribution in [0.4, 0.5) is 36.6 Å². The fraction of sp³-hybridized carbons (Fsp3) is 0.522. The number of alkyl halides is 3. The quantitative estimate of drug-likeness (QED) is 0.541. The minimum Gasteiger partial charge on any atom is -0.399 e. The smallest absolute Gasteiger partial charge is 0.399 e. The van der Waals surface area contributed by atoms with Crippen molar-refractivity contribution in [1.29, 1.82) is 0 Å². The number of nitrogens with two attached hydrogens (primary N) is 1. The lowest BCUT2D eigenvalue weighted by Gasteiger charge is -2.35. The number of nitrogens with one attached hydrogen (secondary N) is 1. The van der Waals surface area contributed by atoms with Crippen molar-refractivity contribution in [3.63, 3.8) is 0 Å². The number of aryl methyl sites for hydroxylation is 1. The first-order valence-corrected chi connectivity index (χ1v) is 11.8. The van der Waals surface area contributed by atoms with Gasteiger partial charge in [0.25, 0.3) is 0 Å². The van der Waals surface area contributed by atoms with Crippen LogP contribution in [0.15, 0.2) is 24.4 Å². The lowest BCUT2D eigenvalue weighted by atomic mass is 10.1. The summed E-state index contributed by atoms with van der Waals surface area (Å²) < 4.78 is 43.1. The standard InChI is InChI=1S/C23H30F3N9/c1-32-8-10-34(11-9-32)20-17(23(24,25)26)13-28-21(31-20)29-16-4-3-7-35(14-16)22-30-18-12-15(27)5-6-19(18)33(22)2/h5-6,12-13,16H,3-4,7-11,14,27H2,1-2H3,(H,28,29,31)/t16-/m1/s1. The van der Waals surface area contributed by atoms with Gasteiger partial charge in [-0.2, -0.15) is 18.2 Å². The third-order valence-corrected chi connectivity index (χ3v) is 6.80. The number of nitrogens with zero attached hydrogens (tertiary/aromatic N) is 7. The first-order chi connectivity index (χ1) is 16.7. The summed E-state index contributed by atoms with van der Waals surface area (Å²) in [5.74, 6) is 1.00. The third-order valence-electron chi connectivity index (χ3n) is 6.80. The molecule has 5 rings (SSSR count). The molecule has 3 N–H and O–H groups in total. The molecule has 2 aliphatic rings. The van der Waals surface area contributed by atoms with Crippen molar-refractivity contribution in [3.05, 3.63) is 30.0 Å². The number of hydrogen-bond donors (Lipinski definition) is 2. The van der Waals surface area contributed by atoms with Crippen LogP contribution in [0, 0.1) is 0 Å². The molecule has 0 bridgehead atoms. The van der Waals surface area contributed by atoms with Crippen LogP contribution in [0.5, 0.6) is 0 Å². The number of aromatic nitrogens is 4. The molecule has 188 valence electrons. The Hall–Kier alpha value is -3.28. The maximum Gasteiger partial charge on any atom is 0.421 e. The van der Waals surface area contributed by atoms with E-state index >= 15 is 0 Å². The molecule has 0 aliphatic carbocycles. The van der Waals surface area contributed by atoms with Crippen LogP contribution in [-0.2, 0) is 13.2 Å². The van der Waals surface area contributed by atoms with Gasteiger partial charge in [-0.1, -0.05) is 0 Å². The highest BCUT2D eigenvalue weighted by Gasteiger charge is 2.37. The van der Waals surface area contributed by atoms with Gasteiger partial charge in [-0.25, -0.2) is 9.97 Å². The second-order valence-corrected chi connectivity index (χ2v) is 9.37. The van der Waals surface area contributed by atoms with E-state index < -0.39 is 11.7 Å². The summed E-state index contributed by atoms with van der Waals surface area (Å²) in [4.78, 5) is 19.1. The number of anilines is 4. The molecule has 0 amide bonds. The average molecular weight is 490 g/mol. The average Bonchev–Trinajstić information content (AvgIpc) is 3.14. The van der Waals surface area contributed by atoms with Crippen LogP contribution in [-0.4, -0.2) is 76.8 Å². The Morgan fingerprint density at radius 3 is 2.54 bits per heavy atom. The molecule has 0 saturated carbocycles. The number of piperidine rings is 1. The van der Waals surface area contributed by atoms with Gasteiger partial charge in [-0.05, 0) is 38.1 Å². The molecule has 12 heteroatoms. The van der Waals surface area contributed by atoms with Gasteiger partial charge in [-0.3, -0.25) is 0 Å². The molecule has 1 aromatic carbocycles. The predicted molar refractivity (Wildman–Crippen MR) is 131 cm³/mol. The second-order valence-electron chi connectivity index (χ2n) is 9.37. The number of piperazine rings is 1. The number of imidazole rings is 1. The van der Waals surface area contributed by atoms with E-state index in [1.165, 1.54) is 0 Å². The van der Waals surface area contributed by atoms with E-state index in [1.54, 1.807) is 4.90 Å². The molecular formula is C23H30F3N9. The molecule has 1 atom stereocenters. The van der Waals surface area contributed by atoms with Crippen molar-refractivity contribution in [1.82, 2.24) is 24.4 Å². The normalized spacial score (nSPS) is 20.0. The van der Waals surface area contributed by atoms with Gasteiger partial charge >= 0.3 is 6.18 Å². The number of fused-ring (bicyclic) bond motifs is 1. The second kappa shape index (κ2) is 9.06. The summed E-state index contributed by atoms with van der Waals surface area (Å²) in [6.45, 7) is 3.83. The van der Waals surface area contributed by atoms with Gasteiger partial charge in [0.1, 0.15) is 11.4 Å². The van der Waals surface area contributed by atoms with E-state index in [0.717, 1.165) is 42.6 Å². The minimum atomic E-state index is -4.51. The van der Waals surface area contributed by atoms with Gasteiger partial charge < -0.3 is 30.3 Å². The fourth-order valence-electron chi connectivity index (χ4n) is 4.85. The van der Waals surface area contributed by atoms with Crippen molar-refractivity contribution >= 4 is 34.4 Å². The molecule has 0 radical (unpaired) electrons. The molecule has 2 aromatic heterocycles. The van der Waals surface area contributed by atoms with E-state index in [2.05, 4.69) is 25.1 Å². The lowest BCUT2D eigenvalue weighted by Crippen LogP contribution is -2.46. The van der Waals surface area contributed by atoms with Crippen LogP contribution in [0.1, 0.15) is 18.4 Å². The number of likely N-dealkylation sites (N-methyl/N-ethyl adjacent to an activating group) is 1. The third kappa shape index (κ3) is 4.79. The monoisotopic (exact) mass is 489 g/mol. The molecule has 9 nitrogen and oxygen atoms in total. The van der Waals surface area contributed by atoms with Crippen LogP contribution in [0.3, 0.4) is 0 Å². The van der Waals surface area contributed by atoms with E-state index in [1.807, 2.05) is 36.9 Å². The maximum atomic E-state index is 13.7. The van der Waals surface area contributed by atoms with Crippen LogP contribution in [0.2, 0.25) is 0 Å². The number of nitrogen functional groups attached to an aromatic ring is 1. The lowest BCUT2D eigenvalue weighted by molar-refractivity contribution is -0.137. The van der Waals surface area contributed by atoms with Crippen LogP contribution >= 0.6 is 0 Å². The first-order valence-electron chi connectivity index (χ1n) is 11.8.